The van der Waals surface area contributed by atoms with Gasteiger partial charge in [0.1, 0.15) is 11.6 Å². The lowest BCUT2D eigenvalue weighted by molar-refractivity contribution is 0.0918. The average Bonchev–Trinajstić information content (AvgIpc) is 3.21. The van der Waals surface area contributed by atoms with Crippen molar-refractivity contribution < 1.29 is 9.18 Å². The number of nitrogens with one attached hydrogen (secondary N) is 1. The Hall–Kier alpha value is -1.99. The maximum absolute atomic E-state index is 13.6. The molecule has 142 valence electrons. The molecule has 0 aliphatic heterocycles. The predicted octanol–water partition coefficient (Wildman–Crippen LogP) is 2.81. The quantitative estimate of drug-likeness (QED) is 0.833. The largest absolute Gasteiger partial charge is 0.346 e. The monoisotopic (exact) mass is 381 g/mol. The molecule has 0 radical (unpaired) electrons. The minimum Gasteiger partial charge on any atom is -0.346 e. The van der Waals surface area contributed by atoms with Crippen LogP contribution in [0.5, 0.6) is 0 Å². The fourth-order valence-corrected chi connectivity index (χ4v) is 3.33. The van der Waals surface area contributed by atoms with Crippen molar-refractivity contribution in [2.24, 2.45) is 11.7 Å². The van der Waals surface area contributed by atoms with E-state index in [-0.39, 0.29) is 41.9 Å². The van der Waals surface area contributed by atoms with Crippen LogP contribution in [0.2, 0.25) is 0 Å². The Kier molecular flexibility index (Phi) is 6.72. The van der Waals surface area contributed by atoms with Gasteiger partial charge in [-0.15, -0.1) is 17.5 Å². The summed E-state index contributed by atoms with van der Waals surface area (Å²) < 4.78 is 15.1. The first-order valence-electron chi connectivity index (χ1n) is 8.73. The number of nitrogens with zero attached hydrogens (tertiary/aromatic N) is 3. The van der Waals surface area contributed by atoms with Crippen molar-refractivity contribution in [2.75, 3.05) is 6.54 Å². The van der Waals surface area contributed by atoms with E-state index in [1.54, 1.807) is 12.1 Å². The third-order valence-electron chi connectivity index (χ3n) is 4.68. The zero-order valence-corrected chi connectivity index (χ0v) is 15.8. The Balaban J connectivity index is 0.00000243. The molecular weight excluding hydrogens is 357 g/mol. The minimum absolute atomic E-state index is 0. The lowest BCUT2D eigenvalue weighted by atomic mass is 10.0. The van der Waals surface area contributed by atoms with Gasteiger partial charge in [-0.25, -0.2) is 14.1 Å². The molecule has 0 spiro atoms. The Labute approximate surface area is 158 Å². The molecule has 6 nitrogen and oxygen atoms in total. The SMILES string of the molecule is CC(C)c1nc(C(=O)NC2CCCC2CN)nn1-c1cccc(F)c1.Cl. The van der Waals surface area contributed by atoms with Crippen molar-refractivity contribution in [3.05, 3.63) is 41.7 Å². The van der Waals surface area contributed by atoms with E-state index in [9.17, 15) is 9.18 Å². The molecule has 1 aliphatic carbocycles. The molecule has 0 bridgehead atoms. The van der Waals surface area contributed by atoms with Crippen LogP contribution in [0.25, 0.3) is 5.69 Å². The Morgan fingerprint density at radius 1 is 1.42 bits per heavy atom. The number of benzene rings is 1. The first kappa shape index (κ1) is 20.3. The second kappa shape index (κ2) is 8.60. The van der Waals surface area contributed by atoms with Crippen molar-refractivity contribution in [3.63, 3.8) is 0 Å². The van der Waals surface area contributed by atoms with Crippen LogP contribution in [0.3, 0.4) is 0 Å². The highest BCUT2D eigenvalue weighted by atomic mass is 35.5. The van der Waals surface area contributed by atoms with E-state index in [4.69, 9.17) is 5.73 Å². The summed E-state index contributed by atoms with van der Waals surface area (Å²) in [7, 11) is 0. The van der Waals surface area contributed by atoms with Crippen LogP contribution < -0.4 is 11.1 Å². The summed E-state index contributed by atoms with van der Waals surface area (Å²) in [4.78, 5) is 17.0. The molecule has 1 heterocycles. The van der Waals surface area contributed by atoms with Gasteiger partial charge in [-0.1, -0.05) is 26.3 Å². The van der Waals surface area contributed by atoms with E-state index in [1.807, 2.05) is 13.8 Å². The van der Waals surface area contributed by atoms with E-state index in [1.165, 1.54) is 16.8 Å². The van der Waals surface area contributed by atoms with E-state index in [2.05, 4.69) is 15.4 Å². The first-order valence-corrected chi connectivity index (χ1v) is 8.73. The number of rotatable bonds is 5. The summed E-state index contributed by atoms with van der Waals surface area (Å²) in [6.45, 7) is 4.49. The molecule has 1 aromatic heterocycles. The highest BCUT2D eigenvalue weighted by molar-refractivity contribution is 5.90. The molecule has 8 heteroatoms. The van der Waals surface area contributed by atoms with Crippen molar-refractivity contribution in [1.29, 1.82) is 0 Å². The molecule has 1 fully saturated rings. The Bertz CT molecular complexity index is 764. The van der Waals surface area contributed by atoms with Gasteiger partial charge in [-0.3, -0.25) is 4.79 Å². The molecule has 2 atom stereocenters. The number of carbonyl (C=O) groups excluding carboxylic acids is 1. The minimum atomic E-state index is -0.356. The van der Waals surface area contributed by atoms with Gasteiger partial charge >= 0.3 is 0 Å². The van der Waals surface area contributed by atoms with Crippen molar-refractivity contribution >= 4 is 18.3 Å². The number of halogens is 2. The summed E-state index contributed by atoms with van der Waals surface area (Å²) in [5.41, 5.74) is 6.33. The van der Waals surface area contributed by atoms with E-state index in [0.717, 1.165) is 19.3 Å². The molecular formula is C18H25ClFN5O. The molecule has 1 saturated carbocycles. The number of amides is 1. The number of carbonyl (C=O) groups is 1. The van der Waals surface area contributed by atoms with Gasteiger partial charge in [0.05, 0.1) is 5.69 Å². The van der Waals surface area contributed by atoms with E-state index < -0.39 is 0 Å². The molecule has 3 rings (SSSR count). The van der Waals surface area contributed by atoms with Crippen molar-refractivity contribution in [3.8, 4) is 5.69 Å². The average molecular weight is 382 g/mol. The second-order valence-electron chi connectivity index (χ2n) is 6.85. The number of nitrogens with two attached hydrogens (primary N) is 1. The van der Waals surface area contributed by atoms with Crippen molar-refractivity contribution in [1.82, 2.24) is 20.1 Å². The van der Waals surface area contributed by atoms with E-state index in [0.29, 0.717) is 24.0 Å². The van der Waals surface area contributed by atoms with Crippen LogP contribution in [0.15, 0.2) is 24.3 Å². The third kappa shape index (κ3) is 4.22. The Morgan fingerprint density at radius 2 is 2.19 bits per heavy atom. The maximum Gasteiger partial charge on any atom is 0.291 e. The van der Waals surface area contributed by atoms with Gasteiger partial charge in [0.2, 0.25) is 5.82 Å². The predicted molar refractivity (Wildman–Crippen MR) is 100 cm³/mol. The summed E-state index contributed by atoms with van der Waals surface area (Å²) in [6, 6.07) is 6.17. The fourth-order valence-electron chi connectivity index (χ4n) is 3.33. The van der Waals surface area contributed by atoms with Gasteiger partial charge in [0, 0.05) is 12.0 Å². The summed E-state index contributed by atoms with van der Waals surface area (Å²) in [6.07, 6.45) is 3.02. The molecule has 26 heavy (non-hydrogen) atoms. The lowest BCUT2D eigenvalue weighted by Crippen LogP contribution is -2.40. The summed E-state index contributed by atoms with van der Waals surface area (Å²) in [5, 5.41) is 7.34. The molecule has 3 N–H and O–H groups in total. The standard InChI is InChI=1S/C18H24FN5O.ClH/c1-11(2)17-22-16(18(25)21-15-8-3-5-12(15)10-20)23-24(17)14-7-4-6-13(19)9-14;/h4,6-7,9,11-12,15H,3,5,8,10,20H2,1-2H3,(H,21,25);1H. The first-order chi connectivity index (χ1) is 12.0. The smallest absolute Gasteiger partial charge is 0.291 e. The molecule has 1 aliphatic rings. The maximum atomic E-state index is 13.6. The van der Waals surface area contributed by atoms with E-state index >= 15 is 0 Å². The van der Waals surface area contributed by atoms with Gasteiger partial charge in [0.25, 0.3) is 5.91 Å². The third-order valence-corrected chi connectivity index (χ3v) is 4.68. The highest BCUT2D eigenvalue weighted by Gasteiger charge is 2.29. The molecule has 1 amide bonds. The molecule has 0 saturated heterocycles. The molecule has 2 aromatic rings. The van der Waals surface area contributed by atoms with Crippen LogP contribution in [-0.4, -0.2) is 33.3 Å². The van der Waals surface area contributed by atoms with Gasteiger partial charge < -0.3 is 11.1 Å². The second-order valence-corrected chi connectivity index (χ2v) is 6.85. The summed E-state index contributed by atoms with van der Waals surface area (Å²) >= 11 is 0. The van der Waals surface area contributed by atoms with Gasteiger partial charge in [-0.2, -0.15) is 0 Å². The summed E-state index contributed by atoms with van der Waals surface area (Å²) in [5.74, 6) is 0.417. The fraction of sp³-hybridized carbons (Fsp3) is 0.500. The zero-order valence-electron chi connectivity index (χ0n) is 15.0. The highest BCUT2D eigenvalue weighted by Crippen LogP contribution is 2.25. The van der Waals surface area contributed by atoms with Gasteiger partial charge in [-0.05, 0) is 43.5 Å². The van der Waals surface area contributed by atoms with Crippen LogP contribution >= 0.6 is 12.4 Å². The number of hydrogen-bond acceptors (Lipinski definition) is 4. The molecule has 1 aromatic carbocycles. The normalized spacial score (nSPS) is 19.4. The molecule has 2 unspecified atom stereocenters. The van der Waals surface area contributed by atoms with Gasteiger partial charge in [0.15, 0.2) is 0 Å². The topological polar surface area (TPSA) is 85.8 Å². The van der Waals surface area contributed by atoms with Crippen LogP contribution in [0, 0.1) is 11.7 Å². The van der Waals surface area contributed by atoms with Crippen molar-refractivity contribution in [2.45, 2.75) is 45.1 Å². The number of aromatic nitrogens is 3. The van der Waals surface area contributed by atoms with Crippen LogP contribution in [0.4, 0.5) is 4.39 Å². The number of hydrogen-bond donors (Lipinski definition) is 2. The lowest BCUT2D eigenvalue weighted by Gasteiger charge is -2.18. The zero-order chi connectivity index (χ0) is 18.0. The van der Waals surface area contributed by atoms with Crippen LogP contribution in [0.1, 0.15) is 55.5 Å². The van der Waals surface area contributed by atoms with Crippen LogP contribution in [-0.2, 0) is 0 Å². The Morgan fingerprint density at radius 3 is 2.85 bits per heavy atom.